The van der Waals surface area contributed by atoms with E-state index >= 15 is 0 Å². The van der Waals surface area contributed by atoms with Gasteiger partial charge in [0.15, 0.2) is 0 Å². The number of rotatable bonds is 9. The molecule has 0 spiro atoms. The van der Waals surface area contributed by atoms with Crippen molar-refractivity contribution < 1.29 is 41.8 Å². The first-order valence-corrected chi connectivity index (χ1v) is 16.5. The molecule has 1 aliphatic heterocycles. The highest BCUT2D eigenvalue weighted by atomic mass is 32.2. The second-order valence-electron chi connectivity index (χ2n) is 14.4. The van der Waals surface area contributed by atoms with Gasteiger partial charge in [0.05, 0.1) is 11.8 Å². The number of β-amino-alcohol motifs (C(OH)–C–C–N with tert-alkyl or cyclic N) is 1. The Morgan fingerprint density at radius 2 is 1.78 bits per heavy atom. The van der Waals surface area contributed by atoms with Gasteiger partial charge in [-0.25, -0.2) is 17.6 Å². The van der Waals surface area contributed by atoms with Gasteiger partial charge in [0.2, 0.25) is 21.8 Å². The third-order valence-corrected chi connectivity index (χ3v) is 10.1. The molecule has 2 aliphatic carbocycles. The minimum absolute atomic E-state index is 0.0773. The Bertz CT molecular complexity index is 1500. The largest absolute Gasteiger partial charge is 0.444 e. The van der Waals surface area contributed by atoms with Gasteiger partial charge in [-0.3, -0.25) is 19.1 Å². The van der Waals surface area contributed by atoms with Crippen molar-refractivity contribution in [1.82, 2.24) is 20.3 Å². The number of alkyl carbamates (subject to hydrolysis) is 1. The number of hydrogen-bond acceptors (Lipinski definition) is 8. The molecule has 14 heteroatoms. The van der Waals surface area contributed by atoms with Crippen LogP contribution in [0.5, 0.6) is 0 Å². The second kappa shape index (κ2) is 11.7. The first-order valence-electron chi connectivity index (χ1n) is 14.9. The fourth-order valence-electron chi connectivity index (χ4n) is 5.60. The fraction of sp³-hybridized carbons (Fsp3) is 0.613. The van der Waals surface area contributed by atoms with Gasteiger partial charge in [-0.2, -0.15) is 0 Å². The molecule has 0 aromatic heterocycles. The van der Waals surface area contributed by atoms with Crippen LogP contribution in [0, 0.1) is 17.2 Å². The van der Waals surface area contributed by atoms with Crippen molar-refractivity contribution in [2.45, 2.75) is 101 Å². The van der Waals surface area contributed by atoms with Crippen LogP contribution in [0.3, 0.4) is 0 Å². The number of likely N-dealkylation sites (tertiary alicyclic amines) is 1. The van der Waals surface area contributed by atoms with Crippen molar-refractivity contribution in [3.05, 3.63) is 48.3 Å². The number of aliphatic hydroxyl groups is 1. The molecule has 4 N–H and O–H groups in total. The Hall–Kier alpha value is -3.52. The van der Waals surface area contributed by atoms with Gasteiger partial charge in [-0.05, 0) is 63.1 Å². The summed E-state index contributed by atoms with van der Waals surface area (Å²) in [5.74, 6) is -3.68. The minimum atomic E-state index is -3.93. The third kappa shape index (κ3) is 7.49. The highest BCUT2D eigenvalue weighted by Crippen LogP contribution is 2.46. The van der Waals surface area contributed by atoms with Gasteiger partial charge < -0.3 is 25.4 Å². The van der Waals surface area contributed by atoms with E-state index < -0.39 is 91.6 Å². The first-order chi connectivity index (χ1) is 20.6. The third-order valence-electron chi connectivity index (χ3n) is 8.31. The summed E-state index contributed by atoms with van der Waals surface area (Å²) in [6.45, 7) is 13.4. The fourth-order valence-corrected chi connectivity index (χ4v) is 6.96. The highest BCUT2D eigenvalue weighted by molar-refractivity contribution is 7.91. The van der Waals surface area contributed by atoms with Crippen LogP contribution < -0.4 is 15.4 Å². The molecule has 3 aliphatic rings. The number of benzene rings is 1. The summed E-state index contributed by atoms with van der Waals surface area (Å²) >= 11 is 0. The van der Waals surface area contributed by atoms with Crippen molar-refractivity contribution in [1.29, 1.82) is 0 Å². The van der Waals surface area contributed by atoms with Gasteiger partial charge in [-0.1, -0.05) is 39.0 Å². The minimum Gasteiger partial charge on any atom is -0.444 e. The molecule has 5 atom stereocenters. The maximum atomic E-state index is 14.2. The molecule has 3 fully saturated rings. The molecule has 0 unspecified atom stereocenters. The zero-order chi connectivity index (χ0) is 33.8. The second-order valence-corrected chi connectivity index (χ2v) is 16.3. The number of hydrogen-bond donors (Lipinski definition) is 4. The van der Waals surface area contributed by atoms with Crippen LogP contribution in [0.2, 0.25) is 0 Å². The van der Waals surface area contributed by atoms with E-state index in [4.69, 9.17) is 4.74 Å². The lowest BCUT2D eigenvalue weighted by Gasteiger charge is -2.36. The molecule has 45 heavy (non-hydrogen) atoms. The molecular weight excluding hydrogens is 607 g/mol. The van der Waals surface area contributed by atoms with Crippen molar-refractivity contribution in [3.8, 4) is 0 Å². The van der Waals surface area contributed by atoms with Gasteiger partial charge in [0.1, 0.15) is 34.6 Å². The molecule has 12 nitrogen and oxygen atoms in total. The number of amides is 4. The topological polar surface area (TPSA) is 171 Å². The number of carbonyl (C=O) groups is 4. The van der Waals surface area contributed by atoms with Crippen LogP contribution in [-0.4, -0.2) is 77.3 Å². The predicted octanol–water partition coefficient (Wildman–Crippen LogP) is 2.22. The van der Waals surface area contributed by atoms with E-state index in [9.17, 15) is 37.1 Å². The number of ether oxygens (including phenoxy) is 1. The molecule has 1 aromatic carbocycles. The average molecular weight is 651 g/mol. The molecule has 0 radical (unpaired) electrons. The van der Waals surface area contributed by atoms with Gasteiger partial charge in [0.25, 0.3) is 5.91 Å². The lowest BCUT2D eigenvalue weighted by Crippen LogP contribution is -2.60. The Kier molecular flexibility index (Phi) is 8.92. The normalized spacial score (nSPS) is 27.2. The summed E-state index contributed by atoms with van der Waals surface area (Å²) in [4.78, 5) is 55.4. The Balaban J connectivity index is 1.67. The van der Waals surface area contributed by atoms with E-state index in [1.165, 1.54) is 24.3 Å². The van der Waals surface area contributed by atoms with Crippen LogP contribution in [0.15, 0.2) is 36.9 Å². The number of carbonyl (C=O) groups excluding carboxylic acids is 4. The quantitative estimate of drug-likeness (QED) is 0.295. The number of nitrogens with zero attached hydrogens (tertiary/aromatic N) is 1. The first kappa shape index (κ1) is 34.4. The molecule has 4 rings (SSSR count). The summed E-state index contributed by atoms with van der Waals surface area (Å²) in [7, 11) is -3.93. The van der Waals surface area contributed by atoms with Gasteiger partial charge in [-0.15, -0.1) is 6.58 Å². The summed E-state index contributed by atoms with van der Waals surface area (Å²) in [6, 6.07) is 2.55. The smallest absolute Gasteiger partial charge is 0.408 e. The summed E-state index contributed by atoms with van der Waals surface area (Å²) in [6.07, 6.45) is 1.14. The Morgan fingerprint density at radius 1 is 1.13 bits per heavy atom. The molecule has 1 aromatic rings. The van der Waals surface area contributed by atoms with E-state index in [1.807, 2.05) is 0 Å². The van der Waals surface area contributed by atoms with E-state index in [0.29, 0.717) is 12.8 Å². The monoisotopic (exact) mass is 650 g/mol. The van der Waals surface area contributed by atoms with E-state index in [-0.39, 0.29) is 18.4 Å². The number of halogens is 1. The van der Waals surface area contributed by atoms with Crippen molar-refractivity contribution in [3.63, 3.8) is 0 Å². The highest BCUT2D eigenvalue weighted by Gasteiger charge is 2.62. The van der Waals surface area contributed by atoms with Crippen molar-refractivity contribution in [2.24, 2.45) is 11.3 Å². The van der Waals surface area contributed by atoms with Crippen LogP contribution >= 0.6 is 0 Å². The van der Waals surface area contributed by atoms with Crippen molar-refractivity contribution >= 4 is 33.8 Å². The molecule has 4 amide bonds. The van der Waals surface area contributed by atoms with Crippen LogP contribution in [0.1, 0.15) is 72.8 Å². The maximum absolute atomic E-state index is 14.2. The van der Waals surface area contributed by atoms with E-state index in [2.05, 4.69) is 21.9 Å². The van der Waals surface area contributed by atoms with Gasteiger partial charge in [0, 0.05) is 12.3 Å². The van der Waals surface area contributed by atoms with Crippen LogP contribution in [-0.2, 0) is 34.7 Å². The predicted molar refractivity (Wildman–Crippen MR) is 162 cm³/mol. The zero-order valence-corrected chi connectivity index (χ0v) is 27.3. The maximum Gasteiger partial charge on any atom is 0.408 e. The average Bonchev–Trinajstić information content (AvgIpc) is 3.82. The van der Waals surface area contributed by atoms with E-state index in [1.54, 1.807) is 41.5 Å². The molecule has 1 heterocycles. The van der Waals surface area contributed by atoms with Crippen LogP contribution in [0.25, 0.3) is 0 Å². The summed E-state index contributed by atoms with van der Waals surface area (Å²) in [5.41, 5.74) is -5.14. The molecule has 0 bridgehead atoms. The summed E-state index contributed by atoms with van der Waals surface area (Å²) < 4.78 is 46.7. The molecule has 248 valence electrons. The standard InChI is InChI=1S/C31H43FN4O8S/c1-8-18-15-31(18,26(39)35-45(42,43)21-12-13-21)34-24(37)22-16-30(41,19-10-9-11-20(32)14-19)17-36(22)25(38)23(28(2,3)4)33-27(40)44-29(5,6)7/h8-11,14,18,21-23,41H,1,12-13,15-17H2,2-7H3,(H,33,40)(H,34,37)(H,35,39)/t18-,22+,23-,30+,31-/m1/s1. The number of nitrogens with one attached hydrogen (secondary N) is 3. The molecule has 1 saturated heterocycles. The van der Waals surface area contributed by atoms with Crippen molar-refractivity contribution in [2.75, 3.05) is 6.54 Å². The summed E-state index contributed by atoms with van der Waals surface area (Å²) in [5, 5.41) is 16.3. The zero-order valence-electron chi connectivity index (χ0n) is 26.5. The van der Waals surface area contributed by atoms with Crippen LogP contribution in [0.4, 0.5) is 9.18 Å². The number of sulfonamides is 1. The molecule has 2 saturated carbocycles. The SMILES string of the molecule is C=C[C@@H]1C[C@]1(NC(=O)[C@@H]1C[C@@](O)(c2cccc(F)c2)CN1C(=O)[C@@H](NC(=O)OC(C)(C)C)C(C)(C)C)C(=O)NS(=O)(=O)C1CC1. The lowest BCUT2D eigenvalue weighted by atomic mass is 9.85. The van der Waals surface area contributed by atoms with E-state index in [0.717, 1.165) is 11.0 Å². The van der Waals surface area contributed by atoms with Gasteiger partial charge >= 0.3 is 6.09 Å². The molecular formula is C31H43FN4O8S. The Morgan fingerprint density at radius 3 is 2.29 bits per heavy atom. The lowest BCUT2D eigenvalue weighted by molar-refractivity contribution is -0.143. The Labute approximate surface area is 263 Å².